The van der Waals surface area contributed by atoms with Gasteiger partial charge in [0.25, 0.3) is 0 Å². The first-order valence-electron chi connectivity index (χ1n) is 3.42. The van der Waals surface area contributed by atoms with Crippen LogP contribution >= 0.6 is 0 Å². The van der Waals surface area contributed by atoms with Gasteiger partial charge in [-0.15, -0.1) is 0 Å². The lowest BCUT2D eigenvalue weighted by atomic mass is 10.6. The monoisotopic (exact) mass is 169 g/mol. The van der Waals surface area contributed by atoms with Gasteiger partial charge in [-0.1, -0.05) is 0 Å². The van der Waals surface area contributed by atoms with Gasteiger partial charge in [0.15, 0.2) is 5.82 Å². The molecule has 6 nitrogen and oxygen atoms in total. The largest absolute Gasteiger partial charge is 0.388 e. The number of nitrogen functional groups attached to an aromatic ring is 1. The van der Waals surface area contributed by atoms with Gasteiger partial charge in [0, 0.05) is 14.1 Å². The summed E-state index contributed by atoms with van der Waals surface area (Å²) in [6.45, 7) is -0.229. The van der Waals surface area contributed by atoms with Crippen LogP contribution in [0.3, 0.4) is 0 Å². The Morgan fingerprint density at radius 1 is 1.33 bits per heavy atom. The minimum Gasteiger partial charge on any atom is -0.388 e. The van der Waals surface area contributed by atoms with Crippen LogP contribution in [0.1, 0.15) is 5.82 Å². The molecule has 0 radical (unpaired) electrons. The van der Waals surface area contributed by atoms with E-state index < -0.39 is 0 Å². The molecule has 66 valence electrons. The number of hydrogen-bond donors (Lipinski definition) is 2. The zero-order chi connectivity index (χ0) is 9.14. The minimum absolute atomic E-state index is 0.123. The average molecular weight is 169 g/mol. The van der Waals surface area contributed by atoms with E-state index in [1.165, 1.54) is 0 Å². The van der Waals surface area contributed by atoms with Crippen molar-refractivity contribution in [2.75, 3.05) is 24.7 Å². The standard InChI is InChI=1S/C6H11N5O/c1-11(2)6-9-4(3-12)8-5(7)10-6/h12H,3H2,1-2H3,(H2,7,8,9,10). The third kappa shape index (κ3) is 1.79. The summed E-state index contributed by atoms with van der Waals surface area (Å²) in [5.41, 5.74) is 5.37. The van der Waals surface area contributed by atoms with Gasteiger partial charge in [-0.2, -0.15) is 15.0 Å². The Balaban J connectivity index is 3.06. The fraction of sp³-hybridized carbons (Fsp3) is 0.500. The van der Waals surface area contributed by atoms with E-state index in [9.17, 15) is 0 Å². The van der Waals surface area contributed by atoms with E-state index in [0.29, 0.717) is 5.95 Å². The molecule has 0 aromatic carbocycles. The average Bonchev–Trinajstić information content (AvgIpc) is 2.03. The number of rotatable bonds is 2. The van der Waals surface area contributed by atoms with Gasteiger partial charge in [0.1, 0.15) is 6.61 Å². The highest BCUT2D eigenvalue weighted by Crippen LogP contribution is 2.04. The van der Waals surface area contributed by atoms with Crippen molar-refractivity contribution in [3.63, 3.8) is 0 Å². The Bertz CT molecular complexity index is 275. The Morgan fingerprint density at radius 2 is 2.00 bits per heavy atom. The molecular weight excluding hydrogens is 158 g/mol. The van der Waals surface area contributed by atoms with Crippen LogP contribution in [0.2, 0.25) is 0 Å². The van der Waals surface area contributed by atoms with Gasteiger partial charge in [-0.05, 0) is 0 Å². The summed E-state index contributed by atoms with van der Waals surface area (Å²) >= 11 is 0. The van der Waals surface area contributed by atoms with Gasteiger partial charge in [-0.3, -0.25) is 0 Å². The molecule has 0 unspecified atom stereocenters. The smallest absolute Gasteiger partial charge is 0.229 e. The van der Waals surface area contributed by atoms with Crippen molar-refractivity contribution in [2.24, 2.45) is 0 Å². The molecule has 1 rings (SSSR count). The number of anilines is 2. The molecule has 0 atom stereocenters. The van der Waals surface area contributed by atoms with E-state index in [1.54, 1.807) is 19.0 Å². The van der Waals surface area contributed by atoms with Crippen LogP contribution in [-0.4, -0.2) is 34.2 Å². The van der Waals surface area contributed by atoms with E-state index in [2.05, 4.69) is 15.0 Å². The highest BCUT2D eigenvalue weighted by molar-refractivity contribution is 5.32. The van der Waals surface area contributed by atoms with Crippen LogP contribution < -0.4 is 10.6 Å². The summed E-state index contributed by atoms with van der Waals surface area (Å²) < 4.78 is 0. The zero-order valence-corrected chi connectivity index (χ0v) is 7.02. The van der Waals surface area contributed by atoms with E-state index in [0.717, 1.165) is 0 Å². The summed E-state index contributed by atoms with van der Waals surface area (Å²) in [6, 6.07) is 0. The van der Waals surface area contributed by atoms with Crippen molar-refractivity contribution in [3.8, 4) is 0 Å². The summed E-state index contributed by atoms with van der Waals surface area (Å²) in [5, 5.41) is 8.74. The third-order valence-corrected chi connectivity index (χ3v) is 1.23. The normalized spacial score (nSPS) is 9.92. The van der Waals surface area contributed by atoms with Crippen LogP contribution in [0, 0.1) is 0 Å². The maximum atomic E-state index is 8.74. The molecule has 1 aromatic rings. The molecule has 1 aromatic heterocycles. The number of aliphatic hydroxyl groups excluding tert-OH is 1. The minimum atomic E-state index is -0.229. The molecular formula is C6H11N5O. The van der Waals surface area contributed by atoms with Crippen molar-refractivity contribution >= 4 is 11.9 Å². The molecule has 0 bridgehead atoms. The van der Waals surface area contributed by atoms with E-state index in [4.69, 9.17) is 10.8 Å². The predicted molar refractivity (Wildman–Crippen MR) is 44.5 cm³/mol. The van der Waals surface area contributed by atoms with E-state index in [1.807, 2.05) is 0 Å². The molecule has 0 amide bonds. The highest BCUT2D eigenvalue weighted by atomic mass is 16.3. The first-order valence-corrected chi connectivity index (χ1v) is 3.42. The van der Waals surface area contributed by atoms with Crippen molar-refractivity contribution in [1.29, 1.82) is 0 Å². The lowest BCUT2D eigenvalue weighted by molar-refractivity contribution is 0.271. The SMILES string of the molecule is CN(C)c1nc(N)nc(CO)n1. The molecule has 1 heterocycles. The van der Waals surface area contributed by atoms with Gasteiger partial charge >= 0.3 is 0 Å². The lowest BCUT2D eigenvalue weighted by Gasteiger charge is -2.10. The molecule has 6 heteroatoms. The fourth-order valence-electron chi connectivity index (χ4n) is 0.696. The van der Waals surface area contributed by atoms with Gasteiger partial charge in [0.2, 0.25) is 11.9 Å². The number of aliphatic hydroxyl groups is 1. The van der Waals surface area contributed by atoms with Crippen molar-refractivity contribution in [1.82, 2.24) is 15.0 Å². The number of nitrogens with two attached hydrogens (primary N) is 1. The molecule has 3 N–H and O–H groups in total. The second-order valence-corrected chi connectivity index (χ2v) is 2.46. The van der Waals surface area contributed by atoms with Gasteiger partial charge in [0.05, 0.1) is 0 Å². The van der Waals surface area contributed by atoms with E-state index >= 15 is 0 Å². The summed E-state index contributed by atoms with van der Waals surface area (Å²) in [7, 11) is 3.58. The van der Waals surface area contributed by atoms with Crippen LogP contribution in [0.15, 0.2) is 0 Å². The van der Waals surface area contributed by atoms with Crippen LogP contribution in [-0.2, 0) is 6.61 Å². The van der Waals surface area contributed by atoms with Crippen molar-refractivity contribution in [3.05, 3.63) is 5.82 Å². The highest BCUT2D eigenvalue weighted by Gasteiger charge is 2.03. The van der Waals surface area contributed by atoms with Gasteiger partial charge in [-0.25, -0.2) is 0 Å². The Labute approximate surface area is 70.1 Å². The maximum Gasteiger partial charge on any atom is 0.229 e. The molecule has 0 aliphatic carbocycles. The first-order chi connectivity index (χ1) is 5.63. The second kappa shape index (κ2) is 3.31. The Kier molecular flexibility index (Phi) is 2.39. The molecule has 0 spiro atoms. The molecule has 0 aliphatic heterocycles. The van der Waals surface area contributed by atoms with Gasteiger partial charge < -0.3 is 15.7 Å². The number of nitrogens with zero attached hydrogens (tertiary/aromatic N) is 4. The van der Waals surface area contributed by atoms with Crippen LogP contribution in [0.5, 0.6) is 0 Å². The Morgan fingerprint density at radius 3 is 2.50 bits per heavy atom. The summed E-state index contributed by atoms with van der Waals surface area (Å²) in [6.07, 6.45) is 0. The maximum absolute atomic E-state index is 8.74. The summed E-state index contributed by atoms with van der Waals surface area (Å²) in [4.78, 5) is 13.2. The quantitative estimate of drug-likeness (QED) is 0.591. The number of hydrogen-bond acceptors (Lipinski definition) is 6. The van der Waals surface area contributed by atoms with Crippen LogP contribution in [0.4, 0.5) is 11.9 Å². The molecule has 0 saturated heterocycles. The second-order valence-electron chi connectivity index (χ2n) is 2.46. The molecule has 12 heavy (non-hydrogen) atoms. The van der Waals surface area contributed by atoms with Crippen LogP contribution in [0.25, 0.3) is 0 Å². The topological polar surface area (TPSA) is 88.2 Å². The molecule has 0 saturated carbocycles. The molecule has 0 aliphatic rings. The first kappa shape index (κ1) is 8.66. The Hall–Kier alpha value is -1.43. The predicted octanol–water partition coefficient (Wildman–Crippen LogP) is -0.988. The zero-order valence-electron chi connectivity index (χ0n) is 7.02. The number of aromatic nitrogens is 3. The lowest BCUT2D eigenvalue weighted by Crippen LogP contribution is -2.16. The van der Waals surface area contributed by atoms with E-state index in [-0.39, 0.29) is 18.4 Å². The summed E-state index contributed by atoms with van der Waals surface area (Å²) in [5.74, 6) is 0.857. The molecule has 0 fully saturated rings. The fourth-order valence-corrected chi connectivity index (χ4v) is 0.696. The van der Waals surface area contributed by atoms with Crippen molar-refractivity contribution in [2.45, 2.75) is 6.61 Å². The third-order valence-electron chi connectivity index (χ3n) is 1.23. The van der Waals surface area contributed by atoms with Crippen molar-refractivity contribution < 1.29 is 5.11 Å².